The lowest BCUT2D eigenvalue weighted by Crippen LogP contribution is -2.58. The Hall–Kier alpha value is -3.36. The summed E-state index contributed by atoms with van der Waals surface area (Å²) >= 11 is 1.48. The number of aliphatic hydroxyl groups is 1. The molecule has 0 saturated heterocycles. The molecule has 0 aliphatic heterocycles. The van der Waals surface area contributed by atoms with E-state index in [1.807, 2.05) is 6.26 Å². The van der Waals surface area contributed by atoms with Crippen LogP contribution in [0.4, 0.5) is 0 Å². The highest BCUT2D eigenvalue weighted by molar-refractivity contribution is 7.98. The first-order valence-corrected chi connectivity index (χ1v) is 12.4. The molecule has 1 rings (SSSR count). The quantitative estimate of drug-likeness (QED) is 0.116. The second-order valence-corrected chi connectivity index (χ2v) is 8.95. The molecule has 0 aromatic heterocycles. The zero-order valence-corrected chi connectivity index (χ0v) is 20.6. The minimum atomic E-state index is -1.54. The van der Waals surface area contributed by atoms with Crippen LogP contribution in [0.25, 0.3) is 0 Å². The third-order valence-corrected chi connectivity index (χ3v) is 5.73. The number of primary amides is 1. The largest absolute Gasteiger partial charge is 0.508 e. The summed E-state index contributed by atoms with van der Waals surface area (Å²) in [5, 5.41) is 35.4. The lowest BCUT2D eigenvalue weighted by atomic mass is 10.0. The molecule has 0 bridgehead atoms. The predicted molar refractivity (Wildman–Crippen MR) is 132 cm³/mol. The Labute approximate surface area is 212 Å². The highest BCUT2D eigenvalue weighted by Crippen LogP contribution is 2.11. The molecule has 0 saturated carbocycles. The number of thioether (sulfide) groups is 1. The monoisotopic (exact) mass is 527 g/mol. The van der Waals surface area contributed by atoms with Gasteiger partial charge in [-0.3, -0.25) is 19.2 Å². The number of hydrogen-bond donors (Lipinski definition) is 8. The van der Waals surface area contributed by atoms with Crippen LogP contribution in [0.15, 0.2) is 24.3 Å². The van der Waals surface area contributed by atoms with E-state index in [0.29, 0.717) is 17.7 Å². The van der Waals surface area contributed by atoms with Crippen molar-refractivity contribution in [3.05, 3.63) is 29.8 Å². The zero-order chi connectivity index (χ0) is 27.3. The van der Waals surface area contributed by atoms with Crippen molar-refractivity contribution in [3.63, 3.8) is 0 Å². The maximum atomic E-state index is 12.8. The first kappa shape index (κ1) is 30.7. The number of carboxylic acid groups (broad SMARTS) is 1. The van der Waals surface area contributed by atoms with Gasteiger partial charge in [0.05, 0.1) is 12.6 Å². The maximum Gasteiger partial charge on any atom is 0.326 e. The van der Waals surface area contributed by atoms with Gasteiger partial charge in [0.1, 0.15) is 23.9 Å². The topological polar surface area (TPSA) is 234 Å². The van der Waals surface area contributed by atoms with Crippen LogP contribution in [-0.2, 0) is 30.4 Å². The Morgan fingerprint density at radius 2 is 1.47 bits per heavy atom. The van der Waals surface area contributed by atoms with E-state index in [0.717, 1.165) is 0 Å². The number of aliphatic carboxylic acids is 1. The first-order valence-electron chi connectivity index (χ1n) is 11.0. The number of rotatable bonds is 16. The fourth-order valence-corrected chi connectivity index (χ4v) is 3.51. The molecule has 4 amide bonds. The molecule has 36 heavy (non-hydrogen) atoms. The maximum absolute atomic E-state index is 12.8. The van der Waals surface area contributed by atoms with Crippen LogP contribution in [-0.4, -0.2) is 87.7 Å². The molecule has 200 valence electrons. The van der Waals surface area contributed by atoms with Gasteiger partial charge in [-0.15, -0.1) is 0 Å². The normalized spacial score (nSPS) is 14.1. The van der Waals surface area contributed by atoms with E-state index in [2.05, 4.69) is 16.0 Å². The van der Waals surface area contributed by atoms with Gasteiger partial charge in [-0.2, -0.15) is 11.8 Å². The van der Waals surface area contributed by atoms with Gasteiger partial charge in [0.25, 0.3) is 0 Å². The van der Waals surface area contributed by atoms with Gasteiger partial charge in [-0.1, -0.05) is 12.1 Å². The van der Waals surface area contributed by atoms with Gasteiger partial charge >= 0.3 is 5.97 Å². The molecule has 1 aromatic carbocycles. The number of aliphatic hydroxyl groups excluding tert-OH is 1. The first-order chi connectivity index (χ1) is 17.0. The molecule has 1 aromatic rings. The van der Waals surface area contributed by atoms with Crippen molar-refractivity contribution >= 4 is 41.4 Å². The number of amides is 4. The molecular weight excluding hydrogens is 494 g/mol. The van der Waals surface area contributed by atoms with Gasteiger partial charge in [0.2, 0.25) is 23.6 Å². The van der Waals surface area contributed by atoms with Gasteiger partial charge < -0.3 is 42.7 Å². The summed E-state index contributed by atoms with van der Waals surface area (Å²) in [5.41, 5.74) is 11.5. The second-order valence-electron chi connectivity index (χ2n) is 7.97. The molecule has 0 aliphatic rings. The van der Waals surface area contributed by atoms with E-state index in [9.17, 15) is 39.3 Å². The summed E-state index contributed by atoms with van der Waals surface area (Å²) < 4.78 is 0. The van der Waals surface area contributed by atoms with E-state index >= 15 is 0 Å². The molecule has 4 atom stereocenters. The van der Waals surface area contributed by atoms with E-state index < -0.39 is 60.4 Å². The predicted octanol–water partition coefficient (Wildman–Crippen LogP) is -2.19. The zero-order valence-electron chi connectivity index (χ0n) is 19.8. The third kappa shape index (κ3) is 10.9. The number of phenolic OH excluding ortho intramolecular Hbond substituents is 1. The molecule has 10 N–H and O–H groups in total. The van der Waals surface area contributed by atoms with Crippen molar-refractivity contribution in [2.45, 2.75) is 49.9 Å². The van der Waals surface area contributed by atoms with Crippen LogP contribution in [0.3, 0.4) is 0 Å². The van der Waals surface area contributed by atoms with Crippen molar-refractivity contribution < 1.29 is 39.3 Å². The number of hydrogen-bond acceptors (Lipinski definition) is 9. The average Bonchev–Trinajstić information content (AvgIpc) is 2.83. The Kier molecular flexibility index (Phi) is 13.3. The highest BCUT2D eigenvalue weighted by Gasteiger charge is 2.30. The Morgan fingerprint density at radius 3 is 2.00 bits per heavy atom. The average molecular weight is 528 g/mol. The molecule has 0 aliphatic carbocycles. The molecule has 14 heteroatoms. The Balaban J connectivity index is 2.88. The molecular formula is C22H33N5O8S. The molecule has 13 nitrogen and oxygen atoms in total. The van der Waals surface area contributed by atoms with Crippen LogP contribution >= 0.6 is 11.8 Å². The number of benzene rings is 1. The second kappa shape index (κ2) is 15.6. The number of nitrogens with one attached hydrogen (secondary N) is 3. The van der Waals surface area contributed by atoms with Crippen molar-refractivity contribution in [2.24, 2.45) is 11.5 Å². The lowest BCUT2D eigenvalue weighted by molar-refractivity contribution is -0.142. The summed E-state index contributed by atoms with van der Waals surface area (Å²) in [6.45, 7) is -0.868. The van der Waals surface area contributed by atoms with E-state index in [-0.39, 0.29) is 25.0 Å². The molecule has 0 fully saturated rings. The van der Waals surface area contributed by atoms with Crippen molar-refractivity contribution in [1.82, 2.24) is 16.0 Å². The van der Waals surface area contributed by atoms with E-state index in [1.54, 1.807) is 0 Å². The van der Waals surface area contributed by atoms with Crippen LogP contribution < -0.4 is 27.4 Å². The minimum Gasteiger partial charge on any atom is -0.508 e. The number of nitrogens with two attached hydrogens (primary N) is 2. The van der Waals surface area contributed by atoms with E-state index in [4.69, 9.17) is 11.5 Å². The Morgan fingerprint density at radius 1 is 0.917 bits per heavy atom. The lowest BCUT2D eigenvalue weighted by Gasteiger charge is -2.24. The molecule has 0 radical (unpaired) electrons. The summed E-state index contributed by atoms with van der Waals surface area (Å²) in [7, 11) is 0. The number of phenols is 1. The SMILES string of the molecule is CSCCC(N)C(=O)NC(CCC(N)=O)C(=O)NC(CO)C(=O)NC(Cc1ccc(O)cc1)C(=O)O. The number of carbonyl (C=O) groups excluding carboxylic acids is 4. The summed E-state index contributed by atoms with van der Waals surface area (Å²) in [6.07, 6.45) is 1.63. The minimum absolute atomic E-state index is 0.0130. The van der Waals surface area contributed by atoms with Crippen LogP contribution in [0.2, 0.25) is 0 Å². The standard InChI is InChI=1S/C22H33N5O8S/c1-36-9-8-14(23)19(31)25-15(6-7-18(24)30)20(32)27-17(11-28)21(33)26-16(22(34)35)10-12-2-4-13(29)5-3-12/h2-5,14-17,28-29H,6-11,23H2,1H3,(H2,24,30)(H,25,31)(H,26,33)(H,27,32)(H,34,35). The summed E-state index contributed by atoms with van der Waals surface area (Å²) in [6, 6.07) is 0.567. The number of carboxylic acids is 1. The number of carbonyl (C=O) groups is 5. The summed E-state index contributed by atoms with van der Waals surface area (Å²) in [5.74, 6) is -3.99. The van der Waals surface area contributed by atoms with Gasteiger partial charge in [0.15, 0.2) is 0 Å². The van der Waals surface area contributed by atoms with Crippen LogP contribution in [0.5, 0.6) is 5.75 Å². The van der Waals surface area contributed by atoms with Crippen molar-refractivity contribution in [1.29, 1.82) is 0 Å². The van der Waals surface area contributed by atoms with Gasteiger partial charge in [0, 0.05) is 12.8 Å². The molecule has 4 unspecified atom stereocenters. The van der Waals surface area contributed by atoms with Crippen LogP contribution in [0, 0.1) is 0 Å². The Bertz CT molecular complexity index is 914. The molecule has 0 heterocycles. The van der Waals surface area contributed by atoms with Gasteiger partial charge in [-0.05, 0) is 42.5 Å². The fourth-order valence-electron chi connectivity index (χ4n) is 3.02. The van der Waals surface area contributed by atoms with Crippen molar-refractivity contribution in [2.75, 3.05) is 18.6 Å². The van der Waals surface area contributed by atoms with Crippen molar-refractivity contribution in [3.8, 4) is 5.75 Å². The van der Waals surface area contributed by atoms with E-state index in [1.165, 1.54) is 36.0 Å². The highest BCUT2D eigenvalue weighted by atomic mass is 32.2. The summed E-state index contributed by atoms with van der Waals surface area (Å²) in [4.78, 5) is 60.6. The van der Waals surface area contributed by atoms with Gasteiger partial charge in [-0.25, -0.2) is 4.79 Å². The molecule has 0 spiro atoms. The third-order valence-electron chi connectivity index (χ3n) is 5.09. The fraction of sp³-hybridized carbons (Fsp3) is 0.500. The number of aromatic hydroxyl groups is 1. The smallest absolute Gasteiger partial charge is 0.326 e. The van der Waals surface area contributed by atoms with Crippen LogP contribution in [0.1, 0.15) is 24.8 Å².